The number of amides is 1. The van der Waals surface area contributed by atoms with Gasteiger partial charge in [-0.3, -0.25) is 4.79 Å². The molecule has 0 spiro atoms. The largest absolute Gasteiger partial charge is 0.337 e. The molecule has 0 radical (unpaired) electrons. The van der Waals surface area contributed by atoms with Crippen molar-refractivity contribution >= 4 is 17.5 Å². The number of rotatable bonds is 2. The number of hydrogen-bond donors (Lipinski definition) is 0. The van der Waals surface area contributed by atoms with E-state index >= 15 is 0 Å². The second-order valence-corrected chi connectivity index (χ2v) is 5.76. The minimum absolute atomic E-state index is 0.0329. The van der Waals surface area contributed by atoms with E-state index in [1.54, 1.807) is 6.07 Å². The Bertz CT molecular complexity index is 689. The molecule has 1 aliphatic heterocycles. The van der Waals surface area contributed by atoms with Crippen LogP contribution in [0.5, 0.6) is 0 Å². The van der Waals surface area contributed by atoms with Crippen LogP contribution in [0.2, 0.25) is 5.02 Å². The molecule has 110 valence electrons. The zero-order chi connectivity index (χ0) is 15.0. The molecule has 5 nitrogen and oxygen atoms in total. The first-order valence-corrected chi connectivity index (χ1v) is 7.44. The first-order valence-electron chi connectivity index (χ1n) is 7.06. The van der Waals surface area contributed by atoms with Gasteiger partial charge < -0.3 is 4.90 Å². The zero-order valence-corrected chi connectivity index (χ0v) is 12.9. The fourth-order valence-electron chi connectivity index (χ4n) is 2.47. The molecule has 0 atom stereocenters. The number of hydrogen-bond acceptors (Lipinski definition) is 3. The van der Waals surface area contributed by atoms with Crippen LogP contribution in [-0.2, 0) is 0 Å². The van der Waals surface area contributed by atoms with Crippen molar-refractivity contribution in [2.24, 2.45) is 0 Å². The monoisotopic (exact) mass is 304 g/mol. The molecular formula is C15H17ClN4O. The van der Waals surface area contributed by atoms with E-state index in [-0.39, 0.29) is 5.91 Å². The molecule has 0 bridgehead atoms. The van der Waals surface area contributed by atoms with Gasteiger partial charge in [-0.25, -0.2) is 0 Å². The SMILES string of the molecule is Cc1ccc(-n2nc(C)c(C(=O)N3CCCC3)n2)cc1Cl. The van der Waals surface area contributed by atoms with Crippen molar-refractivity contribution in [1.82, 2.24) is 19.9 Å². The summed E-state index contributed by atoms with van der Waals surface area (Å²) in [7, 11) is 0. The molecule has 2 heterocycles. The van der Waals surface area contributed by atoms with Crippen LogP contribution in [0.1, 0.15) is 34.6 Å². The third-order valence-electron chi connectivity index (χ3n) is 3.76. The minimum Gasteiger partial charge on any atom is -0.337 e. The van der Waals surface area contributed by atoms with Crippen molar-refractivity contribution in [3.63, 3.8) is 0 Å². The number of carbonyl (C=O) groups excluding carboxylic acids is 1. The molecule has 1 amide bonds. The zero-order valence-electron chi connectivity index (χ0n) is 12.1. The lowest BCUT2D eigenvalue weighted by Gasteiger charge is -2.13. The summed E-state index contributed by atoms with van der Waals surface area (Å²) in [6.45, 7) is 5.36. The number of halogens is 1. The normalized spacial score (nSPS) is 14.7. The summed E-state index contributed by atoms with van der Waals surface area (Å²) in [5, 5.41) is 9.36. The van der Waals surface area contributed by atoms with E-state index < -0.39 is 0 Å². The molecule has 1 fully saturated rings. The first kappa shape index (κ1) is 14.1. The quantitative estimate of drug-likeness (QED) is 0.857. The Morgan fingerprint density at radius 1 is 1.19 bits per heavy atom. The maximum atomic E-state index is 12.4. The van der Waals surface area contributed by atoms with Crippen LogP contribution >= 0.6 is 11.6 Å². The van der Waals surface area contributed by atoms with Gasteiger partial charge in [0, 0.05) is 18.1 Å². The average Bonchev–Trinajstić information content (AvgIpc) is 3.10. The van der Waals surface area contributed by atoms with Gasteiger partial charge in [0.1, 0.15) is 0 Å². The lowest BCUT2D eigenvalue weighted by molar-refractivity contribution is 0.0786. The third kappa shape index (κ3) is 2.65. The summed E-state index contributed by atoms with van der Waals surface area (Å²) >= 11 is 6.13. The average molecular weight is 305 g/mol. The minimum atomic E-state index is -0.0329. The molecule has 1 aliphatic rings. The topological polar surface area (TPSA) is 51.0 Å². The molecule has 0 aliphatic carbocycles. The van der Waals surface area contributed by atoms with Crippen molar-refractivity contribution in [2.45, 2.75) is 26.7 Å². The van der Waals surface area contributed by atoms with E-state index in [4.69, 9.17) is 11.6 Å². The van der Waals surface area contributed by atoms with Crippen molar-refractivity contribution < 1.29 is 4.79 Å². The Morgan fingerprint density at radius 3 is 2.57 bits per heavy atom. The Balaban J connectivity index is 1.93. The molecule has 0 unspecified atom stereocenters. The molecular weight excluding hydrogens is 288 g/mol. The number of benzene rings is 1. The molecule has 2 aromatic rings. The fraction of sp³-hybridized carbons (Fsp3) is 0.400. The van der Waals surface area contributed by atoms with Crippen molar-refractivity contribution in [2.75, 3.05) is 13.1 Å². The predicted octanol–water partition coefficient (Wildman–Crippen LogP) is 2.77. The van der Waals surface area contributed by atoms with Gasteiger partial charge in [0.05, 0.1) is 11.4 Å². The predicted molar refractivity (Wildman–Crippen MR) is 81.0 cm³/mol. The summed E-state index contributed by atoms with van der Waals surface area (Å²) in [5.41, 5.74) is 2.82. The van der Waals surface area contributed by atoms with E-state index in [2.05, 4.69) is 10.2 Å². The Hall–Kier alpha value is -1.88. The number of aryl methyl sites for hydroxylation is 2. The summed E-state index contributed by atoms with van der Waals surface area (Å²) in [6, 6.07) is 5.61. The van der Waals surface area contributed by atoms with Crippen LogP contribution in [-0.4, -0.2) is 38.9 Å². The van der Waals surface area contributed by atoms with E-state index in [9.17, 15) is 4.79 Å². The molecule has 3 rings (SSSR count). The van der Waals surface area contributed by atoms with E-state index in [1.165, 1.54) is 4.80 Å². The maximum Gasteiger partial charge on any atom is 0.276 e. The highest BCUT2D eigenvalue weighted by Gasteiger charge is 2.24. The highest BCUT2D eigenvalue weighted by molar-refractivity contribution is 6.31. The van der Waals surface area contributed by atoms with E-state index in [1.807, 2.05) is 30.9 Å². The molecule has 1 aromatic carbocycles. The third-order valence-corrected chi connectivity index (χ3v) is 4.17. The van der Waals surface area contributed by atoms with Gasteiger partial charge in [-0.2, -0.15) is 9.90 Å². The van der Waals surface area contributed by atoms with Crippen molar-refractivity contribution in [3.8, 4) is 5.69 Å². The number of nitrogens with zero attached hydrogens (tertiary/aromatic N) is 4. The molecule has 0 N–H and O–H groups in total. The van der Waals surface area contributed by atoms with Crippen LogP contribution in [0.3, 0.4) is 0 Å². The highest BCUT2D eigenvalue weighted by atomic mass is 35.5. The van der Waals surface area contributed by atoms with Gasteiger partial charge in [-0.15, -0.1) is 5.10 Å². The first-order chi connectivity index (χ1) is 10.1. The maximum absolute atomic E-state index is 12.4. The summed E-state index contributed by atoms with van der Waals surface area (Å²) in [6.07, 6.45) is 2.12. The van der Waals surface area contributed by atoms with E-state index in [0.717, 1.165) is 37.2 Å². The van der Waals surface area contributed by atoms with Gasteiger partial charge in [0.15, 0.2) is 5.69 Å². The summed E-state index contributed by atoms with van der Waals surface area (Å²) in [5.74, 6) is -0.0329. The van der Waals surface area contributed by atoms with Gasteiger partial charge >= 0.3 is 0 Å². The van der Waals surface area contributed by atoms with Gasteiger partial charge in [0.2, 0.25) is 0 Å². The Labute approximate surface area is 128 Å². The number of aromatic nitrogens is 3. The van der Waals surface area contributed by atoms with Crippen LogP contribution in [0.4, 0.5) is 0 Å². The summed E-state index contributed by atoms with van der Waals surface area (Å²) < 4.78 is 0. The lowest BCUT2D eigenvalue weighted by atomic mass is 10.2. The fourth-order valence-corrected chi connectivity index (χ4v) is 2.64. The molecule has 0 saturated carbocycles. The Morgan fingerprint density at radius 2 is 1.90 bits per heavy atom. The van der Waals surface area contributed by atoms with Gasteiger partial charge in [0.25, 0.3) is 5.91 Å². The highest BCUT2D eigenvalue weighted by Crippen LogP contribution is 2.20. The van der Waals surface area contributed by atoms with Crippen LogP contribution < -0.4 is 0 Å². The van der Waals surface area contributed by atoms with Crippen LogP contribution in [0.15, 0.2) is 18.2 Å². The number of likely N-dealkylation sites (tertiary alicyclic amines) is 1. The standard InChI is InChI=1S/C15H17ClN4O/c1-10-5-6-12(9-13(10)16)20-17-11(2)14(18-20)15(21)19-7-3-4-8-19/h5-6,9H,3-4,7-8H2,1-2H3. The van der Waals surface area contributed by atoms with E-state index in [0.29, 0.717) is 16.4 Å². The number of carbonyl (C=O) groups is 1. The second kappa shape index (κ2) is 5.48. The molecule has 6 heteroatoms. The van der Waals surface area contributed by atoms with Gasteiger partial charge in [-0.1, -0.05) is 17.7 Å². The van der Waals surface area contributed by atoms with Crippen molar-refractivity contribution in [3.05, 3.63) is 40.2 Å². The Kier molecular flexibility index (Phi) is 3.68. The smallest absolute Gasteiger partial charge is 0.276 e. The molecule has 1 saturated heterocycles. The van der Waals surface area contributed by atoms with Crippen LogP contribution in [0.25, 0.3) is 5.69 Å². The van der Waals surface area contributed by atoms with Crippen molar-refractivity contribution in [1.29, 1.82) is 0 Å². The summed E-state index contributed by atoms with van der Waals surface area (Å²) in [4.78, 5) is 15.7. The molecule has 1 aromatic heterocycles. The second-order valence-electron chi connectivity index (χ2n) is 5.36. The molecule has 21 heavy (non-hydrogen) atoms. The lowest BCUT2D eigenvalue weighted by Crippen LogP contribution is -2.28. The van der Waals surface area contributed by atoms with Gasteiger partial charge in [-0.05, 0) is 44.4 Å². The van der Waals surface area contributed by atoms with Crippen LogP contribution in [0, 0.1) is 13.8 Å².